The molecule has 0 spiro atoms. The molecule has 0 aliphatic carbocycles. The fraction of sp³-hybridized carbons (Fsp3) is 0.0952. The molecule has 0 amide bonds. The van der Waals surface area contributed by atoms with Crippen molar-refractivity contribution in [3.63, 3.8) is 0 Å². The van der Waals surface area contributed by atoms with Gasteiger partial charge in [-0.05, 0) is 53.3 Å². The number of hydrogen-bond acceptors (Lipinski definition) is 5. The smallest absolute Gasteiger partial charge is 0.126 e. The molecule has 0 saturated heterocycles. The van der Waals surface area contributed by atoms with Crippen molar-refractivity contribution in [3.8, 4) is 17.2 Å². The van der Waals surface area contributed by atoms with E-state index >= 15 is 0 Å². The molecule has 3 rings (SSSR count). The zero-order chi connectivity index (χ0) is 18.5. The highest BCUT2D eigenvalue weighted by atomic mass is 16.5. The molecule has 0 unspecified atom stereocenters. The molecule has 132 valence electrons. The molecule has 0 aliphatic heterocycles. The minimum Gasteiger partial charge on any atom is -0.507 e. The molecule has 3 aromatic rings. The van der Waals surface area contributed by atoms with Crippen LogP contribution in [0.5, 0.6) is 17.2 Å². The summed E-state index contributed by atoms with van der Waals surface area (Å²) in [5.41, 5.74) is 1.43. The normalized spacial score (nSPS) is 11.8. The molecule has 0 radical (unpaired) electrons. The number of fused-ring (bicyclic) bond motifs is 1. The first-order valence-corrected chi connectivity index (χ1v) is 8.00. The molecule has 0 heterocycles. The van der Waals surface area contributed by atoms with Crippen LogP contribution in [0, 0.1) is 0 Å². The first-order valence-electron chi connectivity index (χ1n) is 8.00. The van der Waals surface area contributed by atoms with Crippen LogP contribution in [0.3, 0.4) is 0 Å². The van der Waals surface area contributed by atoms with Gasteiger partial charge in [-0.15, -0.1) is 0 Å². The van der Waals surface area contributed by atoms with E-state index in [2.05, 4.69) is 5.16 Å². The number of phenols is 1. The summed E-state index contributed by atoms with van der Waals surface area (Å²) in [4.78, 5) is 0. The molecular weight excluding hydrogens is 330 g/mol. The van der Waals surface area contributed by atoms with Crippen molar-refractivity contribution >= 4 is 22.6 Å². The number of nitrogens with zero attached hydrogens (tertiary/aromatic N) is 1. The summed E-state index contributed by atoms with van der Waals surface area (Å²) in [5, 5.41) is 25.0. The maximum absolute atomic E-state index is 10.3. The van der Waals surface area contributed by atoms with Crippen LogP contribution in [-0.4, -0.2) is 30.2 Å². The number of phenolic OH excluding ortho intramolecular Hbond substituents is 1. The number of hydrogen-bond donors (Lipinski definition) is 2. The van der Waals surface area contributed by atoms with E-state index in [0.717, 1.165) is 16.3 Å². The Kier molecular flexibility index (Phi) is 5.08. The van der Waals surface area contributed by atoms with Crippen molar-refractivity contribution < 1.29 is 19.8 Å². The Hall–Kier alpha value is -3.47. The predicted molar refractivity (Wildman–Crippen MR) is 103 cm³/mol. The molecule has 5 nitrogen and oxygen atoms in total. The van der Waals surface area contributed by atoms with Crippen molar-refractivity contribution in [3.05, 3.63) is 71.8 Å². The first kappa shape index (κ1) is 17.4. The van der Waals surface area contributed by atoms with E-state index in [4.69, 9.17) is 9.47 Å². The highest BCUT2D eigenvalue weighted by molar-refractivity contribution is 6.14. The SMILES string of the molecule is COc1ccc(OC)c(/C=C/C(=N\O)c2cc3ccccc3cc2O)c1. The quantitative estimate of drug-likeness (QED) is 0.405. The zero-order valence-corrected chi connectivity index (χ0v) is 14.5. The zero-order valence-electron chi connectivity index (χ0n) is 14.5. The average molecular weight is 349 g/mol. The summed E-state index contributed by atoms with van der Waals surface area (Å²) in [5.74, 6) is 1.38. The van der Waals surface area contributed by atoms with Gasteiger partial charge in [0.1, 0.15) is 23.0 Å². The number of rotatable bonds is 5. The van der Waals surface area contributed by atoms with Crippen molar-refractivity contribution in [2.75, 3.05) is 14.2 Å². The van der Waals surface area contributed by atoms with E-state index in [-0.39, 0.29) is 11.5 Å². The predicted octanol–water partition coefficient (Wildman–Crippen LogP) is 4.45. The van der Waals surface area contributed by atoms with Crippen molar-refractivity contribution in [2.45, 2.75) is 0 Å². The van der Waals surface area contributed by atoms with Crippen LogP contribution in [0.2, 0.25) is 0 Å². The largest absolute Gasteiger partial charge is 0.507 e. The van der Waals surface area contributed by atoms with Gasteiger partial charge in [0.15, 0.2) is 0 Å². The number of oxime groups is 1. The molecule has 5 heteroatoms. The number of benzene rings is 3. The molecule has 0 fully saturated rings. The average Bonchev–Trinajstić information content (AvgIpc) is 2.68. The topological polar surface area (TPSA) is 71.3 Å². The third kappa shape index (κ3) is 3.47. The minimum absolute atomic E-state index is 0.0405. The summed E-state index contributed by atoms with van der Waals surface area (Å²) >= 11 is 0. The standard InChI is InChI=1S/C21H19NO4/c1-25-17-8-10-21(26-2)16(11-17)7-9-19(22-24)18-12-14-5-3-4-6-15(14)13-20(18)23/h3-13,23-24H,1-2H3/b9-7+,22-19+. The number of aromatic hydroxyl groups is 1. The summed E-state index contributed by atoms with van der Waals surface area (Å²) < 4.78 is 10.6. The molecule has 0 aliphatic rings. The maximum atomic E-state index is 10.3. The summed E-state index contributed by atoms with van der Waals surface area (Å²) in [6.45, 7) is 0. The van der Waals surface area contributed by atoms with Crippen molar-refractivity contribution in [1.29, 1.82) is 0 Å². The van der Waals surface area contributed by atoms with E-state index in [0.29, 0.717) is 17.1 Å². The summed E-state index contributed by atoms with van der Waals surface area (Å²) in [6, 6.07) is 16.5. The van der Waals surface area contributed by atoms with Gasteiger partial charge in [-0.3, -0.25) is 0 Å². The first-order chi connectivity index (χ1) is 12.7. The Morgan fingerprint density at radius 1 is 0.962 bits per heavy atom. The van der Waals surface area contributed by atoms with Crippen LogP contribution < -0.4 is 9.47 Å². The lowest BCUT2D eigenvalue weighted by molar-refractivity contribution is 0.319. The second kappa shape index (κ2) is 7.61. The maximum Gasteiger partial charge on any atom is 0.126 e. The Bertz CT molecular complexity index is 992. The van der Waals surface area contributed by atoms with Gasteiger partial charge in [0.05, 0.1) is 14.2 Å². The molecular formula is C21H19NO4. The number of methoxy groups -OCH3 is 2. The molecule has 26 heavy (non-hydrogen) atoms. The molecule has 0 bridgehead atoms. The van der Waals surface area contributed by atoms with Crippen LogP contribution in [0.1, 0.15) is 11.1 Å². The third-order valence-electron chi connectivity index (χ3n) is 4.11. The molecule has 0 atom stereocenters. The van der Waals surface area contributed by atoms with Gasteiger partial charge in [-0.1, -0.05) is 29.4 Å². The minimum atomic E-state index is 0.0405. The highest BCUT2D eigenvalue weighted by Crippen LogP contribution is 2.28. The number of allylic oxidation sites excluding steroid dienone is 1. The summed E-state index contributed by atoms with van der Waals surface area (Å²) in [6.07, 6.45) is 3.35. The molecule has 2 N–H and O–H groups in total. The van der Waals surface area contributed by atoms with Gasteiger partial charge in [-0.2, -0.15) is 0 Å². The fourth-order valence-electron chi connectivity index (χ4n) is 2.75. The van der Waals surface area contributed by atoms with E-state index < -0.39 is 0 Å². The van der Waals surface area contributed by atoms with Crippen LogP contribution in [0.4, 0.5) is 0 Å². The lowest BCUT2D eigenvalue weighted by Gasteiger charge is -2.08. The lowest BCUT2D eigenvalue weighted by atomic mass is 10.0. The van der Waals surface area contributed by atoms with Crippen molar-refractivity contribution in [1.82, 2.24) is 0 Å². The van der Waals surface area contributed by atoms with Gasteiger partial charge in [-0.25, -0.2) is 0 Å². The monoisotopic (exact) mass is 349 g/mol. The van der Waals surface area contributed by atoms with Crippen LogP contribution in [0.25, 0.3) is 16.8 Å². The van der Waals surface area contributed by atoms with Gasteiger partial charge >= 0.3 is 0 Å². The Morgan fingerprint density at radius 3 is 2.35 bits per heavy atom. The Balaban J connectivity index is 2.01. The van der Waals surface area contributed by atoms with Crippen molar-refractivity contribution in [2.24, 2.45) is 5.16 Å². The second-order valence-electron chi connectivity index (χ2n) is 5.64. The van der Waals surface area contributed by atoms with Crippen LogP contribution in [-0.2, 0) is 0 Å². The van der Waals surface area contributed by atoms with Gasteiger partial charge in [0, 0.05) is 11.1 Å². The van der Waals surface area contributed by atoms with E-state index in [1.54, 1.807) is 50.6 Å². The summed E-state index contributed by atoms with van der Waals surface area (Å²) in [7, 11) is 3.17. The third-order valence-corrected chi connectivity index (χ3v) is 4.11. The van der Waals surface area contributed by atoms with E-state index in [9.17, 15) is 10.3 Å². The second-order valence-corrected chi connectivity index (χ2v) is 5.64. The molecule has 0 saturated carbocycles. The lowest BCUT2D eigenvalue weighted by Crippen LogP contribution is -1.98. The molecule has 0 aromatic heterocycles. The fourth-order valence-corrected chi connectivity index (χ4v) is 2.75. The Morgan fingerprint density at radius 2 is 1.69 bits per heavy atom. The van der Waals surface area contributed by atoms with E-state index in [1.807, 2.05) is 30.3 Å². The number of ether oxygens (including phenoxy) is 2. The highest BCUT2D eigenvalue weighted by Gasteiger charge is 2.10. The van der Waals surface area contributed by atoms with Crippen LogP contribution >= 0.6 is 0 Å². The Labute approximate surface area is 151 Å². The van der Waals surface area contributed by atoms with Gasteiger partial charge < -0.3 is 19.8 Å². The molecule has 3 aromatic carbocycles. The van der Waals surface area contributed by atoms with Gasteiger partial charge in [0.25, 0.3) is 0 Å². The van der Waals surface area contributed by atoms with Gasteiger partial charge in [0.2, 0.25) is 0 Å². The van der Waals surface area contributed by atoms with Crippen LogP contribution in [0.15, 0.2) is 65.8 Å². The van der Waals surface area contributed by atoms with E-state index in [1.165, 1.54) is 0 Å².